The van der Waals surface area contributed by atoms with E-state index >= 15 is 0 Å². The second-order valence-electron chi connectivity index (χ2n) is 6.44. The number of amides is 1. The maximum atomic E-state index is 14.2. The van der Waals surface area contributed by atoms with Gasteiger partial charge in [0, 0.05) is 12.0 Å². The third-order valence-electron chi connectivity index (χ3n) is 3.25. The predicted octanol–water partition coefficient (Wildman–Crippen LogP) is 2.65. The van der Waals surface area contributed by atoms with E-state index in [4.69, 9.17) is 26.8 Å². The van der Waals surface area contributed by atoms with Crippen molar-refractivity contribution in [1.82, 2.24) is 5.32 Å². The number of benzene rings is 1. The highest BCUT2D eigenvalue weighted by Gasteiger charge is 2.31. The minimum Gasteiger partial charge on any atom is -0.461 e. The molecule has 1 rings (SSSR count). The number of carbonyl (C=O) groups is 3. The smallest absolute Gasteiger partial charge is 0.341 e. The van der Waals surface area contributed by atoms with Crippen molar-refractivity contribution in [3.05, 3.63) is 28.8 Å². The molecule has 27 heavy (non-hydrogen) atoms. The molecular weight excluding hydrogens is 379 g/mol. The monoisotopic (exact) mass is 402 g/mol. The van der Waals surface area contributed by atoms with Crippen LogP contribution < -0.4 is 11.1 Å². The SMILES string of the molecule is CC(C)OC(=O)[C@H](F)C[C@H](NC(=O)c1ccc(N)c(Cl)c1)C(=O)OC(C)C. The summed E-state index contributed by atoms with van der Waals surface area (Å²) in [5, 5.41) is 2.52. The fraction of sp³-hybridized carbons (Fsp3) is 0.500. The van der Waals surface area contributed by atoms with Gasteiger partial charge in [-0.2, -0.15) is 0 Å². The number of nitrogens with two attached hydrogens (primary N) is 1. The summed E-state index contributed by atoms with van der Waals surface area (Å²) in [5.74, 6) is -2.66. The van der Waals surface area contributed by atoms with Crippen LogP contribution in [0.25, 0.3) is 0 Å². The summed E-state index contributed by atoms with van der Waals surface area (Å²) in [6.07, 6.45) is -3.72. The lowest BCUT2D eigenvalue weighted by Gasteiger charge is -2.21. The predicted molar refractivity (Wildman–Crippen MR) is 99.1 cm³/mol. The van der Waals surface area contributed by atoms with Crippen LogP contribution in [0.5, 0.6) is 0 Å². The van der Waals surface area contributed by atoms with Gasteiger partial charge >= 0.3 is 11.9 Å². The first kappa shape index (κ1) is 22.7. The molecule has 0 bridgehead atoms. The zero-order valence-electron chi connectivity index (χ0n) is 15.6. The number of nitrogens with one attached hydrogen (secondary N) is 1. The van der Waals surface area contributed by atoms with Crippen molar-refractivity contribution in [3.63, 3.8) is 0 Å². The Morgan fingerprint density at radius 1 is 1.11 bits per heavy atom. The molecule has 7 nitrogen and oxygen atoms in total. The number of esters is 2. The van der Waals surface area contributed by atoms with Gasteiger partial charge in [-0.1, -0.05) is 11.6 Å². The first-order valence-electron chi connectivity index (χ1n) is 8.42. The van der Waals surface area contributed by atoms with Crippen LogP contribution >= 0.6 is 11.6 Å². The van der Waals surface area contributed by atoms with E-state index < -0.39 is 48.7 Å². The van der Waals surface area contributed by atoms with Crippen LogP contribution in [0.1, 0.15) is 44.5 Å². The van der Waals surface area contributed by atoms with Crippen molar-refractivity contribution in [2.24, 2.45) is 0 Å². The van der Waals surface area contributed by atoms with Crippen molar-refractivity contribution in [2.75, 3.05) is 5.73 Å². The van der Waals surface area contributed by atoms with Gasteiger partial charge in [-0.3, -0.25) is 4.79 Å². The van der Waals surface area contributed by atoms with Gasteiger partial charge in [0.1, 0.15) is 6.04 Å². The summed E-state index contributed by atoms with van der Waals surface area (Å²) >= 11 is 5.88. The number of carbonyl (C=O) groups excluding carboxylic acids is 3. The highest BCUT2D eigenvalue weighted by molar-refractivity contribution is 6.33. The zero-order valence-corrected chi connectivity index (χ0v) is 16.4. The summed E-state index contributed by atoms with van der Waals surface area (Å²) in [6, 6.07) is 2.76. The van der Waals surface area contributed by atoms with Crippen molar-refractivity contribution >= 4 is 35.1 Å². The number of rotatable bonds is 8. The topological polar surface area (TPSA) is 108 Å². The Bertz CT molecular complexity index is 696. The molecule has 1 aromatic carbocycles. The van der Waals surface area contributed by atoms with Gasteiger partial charge in [0.25, 0.3) is 5.91 Å². The van der Waals surface area contributed by atoms with Gasteiger partial charge in [-0.15, -0.1) is 0 Å². The quantitative estimate of drug-likeness (QED) is 0.511. The minimum absolute atomic E-state index is 0.122. The molecule has 0 aromatic heterocycles. The number of nitrogen functional groups attached to an aromatic ring is 1. The van der Waals surface area contributed by atoms with Crippen molar-refractivity contribution in [1.29, 1.82) is 0 Å². The lowest BCUT2D eigenvalue weighted by atomic mass is 10.1. The Hall–Kier alpha value is -2.35. The maximum absolute atomic E-state index is 14.2. The average molecular weight is 403 g/mol. The van der Waals surface area contributed by atoms with E-state index in [1.165, 1.54) is 18.2 Å². The highest BCUT2D eigenvalue weighted by atomic mass is 35.5. The Morgan fingerprint density at radius 2 is 1.67 bits per heavy atom. The van der Waals surface area contributed by atoms with Crippen LogP contribution in [-0.2, 0) is 19.1 Å². The molecule has 0 aliphatic heterocycles. The number of alkyl halides is 1. The van der Waals surface area contributed by atoms with Gasteiger partial charge in [-0.05, 0) is 45.9 Å². The highest BCUT2D eigenvalue weighted by Crippen LogP contribution is 2.20. The molecule has 0 aliphatic rings. The molecule has 1 amide bonds. The van der Waals surface area contributed by atoms with Crippen LogP contribution in [-0.4, -0.2) is 42.3 Å². The van der Waals surface area contributed by atoms with Crippen molar-refractivity contribution < 1.29 is 28.2 Å². The normalized spacial score (nSPS) is 13.2. The molecular formula is C18H24ClFN2O5. The van der Waals surface area contributed by atoms with E-state index in [0.717, 1.165) is 0 Å². The van der Waals surface area contributed by atoms with Crippen LogP contribution in [0, 0.1) is 0 Å². The number of ether oxygens (including phenoxy) is 2. The van der Waals surface area contributed by atoms with Crippen LogP contribution in [0.2, 0.25) is 5.02 Å². The van der Waals surface area contributed by atoms with E-state index in [9.17, 15) is 18.8 Å². The standard InChI is InChI=1S/C18H24ClFN2O5/c1-9(2)26-17(24)13(20)8-15(18(25)27-10(3)4)22-16(23)11-5-6-14(21)12(19)7-11/h5-7,9-10,13,15H,8,21H2,1-4H3,(H,22,23)/t13-,15+/m1/s1. The summed E-state index contributed by atoms with van der Waals surface area (Å²) in [6.45, 7) is 6.36. The number of halogens is 2. The number of hydrogen-bond acceptors (Lipinski definition) is 6. The van der Waals surface area contributed by atoms with E-state index in [-0.39, 0.29) is 16.3 Å². The van der Waals surface area contributed by atoms with Crippen LogP contribution in [0.15, 0.2) is 18.2 Å². The van der Waals surface area contributed by atoms with Gasteiger partial charge in [0.05, 0.1) is 22.9 Å². The minimum atomic E-state index is -2.10. The van der Waals surface area contributed by atoms with Crippen LogP contribution in [0.4, 0.5) is 10.1 Å². The van der Waals surface area contributed by atoms with E-state index in [1.807, 2.05) is 0 Å². The van der Waals surface area contributed by atoms with E-state index in [0.29, 0.717) is 0 Å². The second kappa shape index (κ2) is 10.1. The Labute approximate surface area is 162 Å². The molecule has 0 spiro atoms. The lowest BCUT2D eigenvalue weighted by molar-refractivity contribution is -0.155. The summed E-state index contributed by atoms with van der Waals surface area (Å²) in [4.78, 5) is 36.3. The fourth-order valence-corrected chi connectivity index (χ4v) is 2.23. The number of anilines is 1. The molecule has 0 saturated carbocycles. The van der Waals surface area contributed by atoms with Crippen molar-refractivity contribution in [2.45, 2.75) is 58.5 Å². The molecule has 3 N–H and O–H groups in total. The molecule has 2 atom stereocenters. The third kappa shape index (κ3) is 7.42. The molecule has 0 unspecified atom stereocenters. The average Bonchev–Trinajstić information content (AvgIpc) is 2.55. The molecule has 150 valence electrons. The Morgan fingerprint density at radius 3 is 2.19 bits per heavy atom. The Balaban J connectivity index is 2.93. The Kier molecular flexibility index (Phi) is 8.49. The second-order valence-corrected chi connectivity index (χ2v) is 6.84. The van der Waals surface area contributed by atoms with Gasteiger partial charge in [0.2, 0.25) is 0 Å². The van der Waals surface area contributed by atoms with Gasteiger partial charge in [-0.25, -0.2) is 14.0 Å². The van der Waals surface area contributed by atoms with E-state index in [2.05, 4.69) is 5.32 Å². The van der Waals surface area contributed by atoms with Gasteiger partial charge in [0.15, 0.2) is 6.17 Å². The van der Waals surface area contributed by atoms with Crippen LogP contribution in [0.3, 0.4) is 0 Å². The fourth-order valence-electron chi connectivity index (χ4n) is 2.05. The summed E-state index contributed by atoms with van der Waals surface area (Å²) < 4.78 is 24.0. The first-order chi connectivity index (χ1) is 12.5. The molecule has 0 fully saturated rings. The molecule has 0 heterocycles. The lowest BCUT2D eigenvalue weighted by Crippen LogP contribution is -2.45. The largest absolute Gasteiger partial charge is 0.461 e. The molecule has 0 aliphatic carbocycles. The molecule has 9 heteroatoms. The molecule has 0 saturated heterocycles. The molecule has 0 radical (unpaired) electrons. The number of hydrogen-bond donors (Lipinski definition) is 2. The first-order valence-corrected chi connectivity index (χ1v) is 8.80. The summed E-state index contributed by atoms with van der Waals surface area (Å²) in [7, 11) is 0. The third-order valence-corrected chi connectivity index (χ3v) is 3.58. The summed E-state index contributed by atoms with van der Waals surface area (Å²) in [5.41, 5.74) is 6.00. The maximum Gasteiger partial charge on any atom is 0.341 e. The zero-order chi connectivity index (χ0) is 20.7. The van der Waals surface area contributed by atoms with E-state index in [1.54, 1.807) is 27.7 Å². The molecule has 1 aromatic rings. The van der Waals surface area contributed by atoms with Gasteiger partial charge < -0.3 is 20.5 Å². The van der Waals surface area contributed by atoms with Crippen molar-refractivity contribution in [3.8, 4) is 0 Å².